The van der Waals surface area contributed by atoms with Crippen molar-refractivity contribution in [3.05, 3.63) is 28.2 Å². The highest BCUT2D eigenvalue weighted by molar-refractivity contribution is 9.10. The summed E-state index contributed by atoms with van der Waals surface area (Å²) in [5.41, 5.74) is 0.0973. The van der Waals surface area contributed by atoms with Gasteiger partial charge in [-0.15, -0.1) is 0 Å². The second-order valence-electron chi connectivity index (χ2n) is 4.43. The lowest BCUT2D eigenvalue weighted by Gasteiger charge is -2.10. The van der Waals surface area contributed by atoms with Crippen molar-refractivity contribution in [1.82, 2.24) is 5.32 Å². The van der Waals surface area contributed by atoms with Crippen LogP contribution in [0.2, 0.25) is 0 Å². The van der Waals surface area contributed by atoms with E-state index in [1.807, 2.05) is 13.8 Å². The number of halogens is 1. The lowest BCUT2D eigenvalue weighted by molar-refractivity contribution is -0.123. The number of ether oxygens (including phenoxy) is 1. The fraction of sp³-hybridized carbons (Fsp3) is 0.385. The van der Waals surface area contributed by atoms with Crippen LogP contribution in [0.4, 0.5) is 0 Å². The molecule has 0 spiro atoms. The number of carboxylic acid groups (broad SMARTS) is 1. The number of amides is 1. The molecule has 0 heterocycles. The molecule has 1 aromatic rings. The summed E-state index contributed by atoms with van der Waals surface area (Å²) in [6.07, 6.45) is 0. The first-order valence-electron chi connectivity index (χ1n) is 5.82. The van der Waals surface area contributed by atoms with E-state index in [2.05, 4.69) is 21.2 Å². The molecule has 104 valence electrons. The highest BCUT2D eigenvalue weighted by Gasteiger charge is 2.10. The van der Waals surface area contributed by atoms with E-state index >= 15 is 0 Å². The molecule has 2 N–H and O–H groups in total. The van der Waals surface area contributed by atoms with E-state index in [-0.39, 0.29) is 18.1 Å². The van der Waals surface area contributed by atoms with Crippen molar-refractivity contribution in [3.63, 3.8) is 0 Å². The van der Waals surface area contributed by atoms with Gasteiger partial charge in [0.2, 0.25) is 0 Å². The Hall–Kier alpha value is -1.56. The number of carboxylic acids is 1. The zero-order chi connectivity index (χ0) is 14.4. The predicted molar refractivity (Wildman–Crippen MR) is 74.4 cm³/mol. The first-order chi connectivity index (χ1) is 8.90. The van der Waals surface area contributed by atoms with Gasteiger partial charge in [-0.3, -0.25) is 4.79 Å². The summed E-state index contributed by atoms with van der Waals surface area (Å²) in [5.74, 6) is -0.564. The van der Waals surface area contributed by atoms with Crippen LogP contribution in [0.5, 0.6) is 5.75 Å². The van der Waals surface area contributed by atoms with Gasteiger partial charge in [0, 0.05) is 11.0 Å². The number of carbonyl (C=O) groups excluding carboxylic acids is 1. The number of hydrogen-bond acceptors (Lipinski definition) is 3. The van der Waals surface area contributed by atoms with Crippen molar-refractivity contribution in [2.75, 3.05) is 13.2 Å². The van der Waals surface area contributed by atoms with Crippen LogP contribution in [0, 0.1) is 5.92 Å². The molecule has 0 radical (unpaired) electrons. The summed E-state index contributed by atoms with van der Waals surface area (Å²) in [6.45, 7) is 4.44. The molecule has 19 heavy (non-hydrogen) atoms. The minimum atomic E-state index is -1.05. The van der Waals surface area contributed by atoms with Crippen LogP contribution in [-0.4, -0.2) is 30.1 Å². The maximum Gasteiger partial charge on any atom is 0.336 e. The van der Waals surface area contributed by atoms with Gasteiger partial charge in [0.05, 0.1) is 5.56 Å². The van der Waals surface area contributed by atoms with Gasteiger partial charge < -0.3 is 15.2 Å². The quantitative estimate of drug-likeness (QED) is 0.839. The topological polar surface area (TPSA) is 75.6 Å². The van der Waals surface area contributed by atoms with Gasteiger partial charge in [-0.05, 0) is 40.0 Å². The third-order valence-electron chi connectivity index (χ3n) is 2.25. The van der Waals surface area contributed by atoms with Crippen molar-refractivity contribution in [1.29, 1.82) is 0 Å². The van der Waals surface area contributed by atoms with Crippen LogP contribution in [-0.2, 0) is 4.79 Å². The number of aromatic carboxylic acids is 1. The summed E-state index contributed by atoms with van der Waals surface area (Å²) >= 11 is 3.14. The SMILES string of the molecule is CC(C)CNC(=O)COc1ccc(Br)c(C(=O)O)c1. The highest BCUT2D eigenvalue weighted by Crippen LogP contribution is 2.22. The molecule has 1 aromatic carbocycles. The van der Waals surface area contributed by atoms with E-state index in [4.69, 9.17) is 9.84 Å². The zero-order valence-corrected chi connectivity index (χ0v) is 12.4. The first-order valence-corrected chi connectivity index (χ1v) is 6.61. The fourth-order valence-corrected chi connectivity index (χ4v) is 1.69. The molecule has 0 saturated heterocycles. The van der Waals surface area contributed by atoms with Gasteiger partial charge >= 0.3 is 5.97 Å². The second-order valence-corrected chi connectivity index (χ2v) is 5.29. The van der Waals surface area contributed by atoms with Crippen molar-refractivity contribution < 1.29 is 19.4 Å². The molecule has 0 aliphatic heterocycles. The number of benzene rings is 1. The largest absolute Gasteiger partial charge is 0.484 e. The summed E-state index contributed by atoms with van der Waals surface area (Å²) in [6, 6.07) is 4.55. The van der Waals surface area contributed by atoms with Crippen LogP contribution in [0.3, 0.4) is 0 Å². The van der Waals surface area contributed by atoms with E-state index in [1.165, 1.54) is 6.07 Å². The van der Waals surface area contributed by atoms with Crippen molar-refractivity contribution in [2.24, 2.45) is 5.92 Å². The van der Waals surface area contributed by atoms with Gasteiger partial charge in [-0.1, -0.05) is 13.8 Å². The summed E-state index contributed by atoms with van der Waals surface area (Å²) in [4.78, 5) is 22.4. The molecule has 0 saturated carbocycles. The molecule has 1 amide bonds. The summed E-state index contributed by atoms with van der Waals surface area (Å²) < 4.78 is 5.72. The van der Waals surface area contributed by atoms with E-state index in [9.17, 15) is 9.59 Å². The average Bonchev–Trinajstić information content (AvgIpc) is 2.35. The lowest BCUT2D eigenvalue weighted by Crippen LogP contribution is -2.31. The van der Waals surface area contributed by atoms with E-state index in [0.717, 1.165) is 0 Å². The molecule has 5 nitrogen and oxygen atoms in total. The predicted octanol–water partition coefficient (Wildman–Crippen LogP) is 2.30. The standard InChI is InChI=1S/C13H16BrNO4/c1-8(2)6-15-12(16)7-19-9-3-4-11(14)10(5-9)13(17)18/h3-5,8H,6-7H2,1-2H3,(H,15,16)(H,17,18). The van der Waals surface area contributed by atoms with Crippen molar-refractivity contribution in [3.8, 4) is 5.75 Å². The monoisotopic (exact) mass is 329 g/mol. The zero-order valence-electron chi connectivity index (χ0n) is 10.8. The molecular formula is C13H16BrNO4. The van der Waals surface area contributed by atoms with E-state index in [0.29, 0.717) is 22.7 Å². The third kappa shape index (κ3) is 5.30. The normalized spacial score (nSPS) is 10.3. The Kier molecular flexibility index (Phi) is 5.82. The molecule has 0 aromatic heterocycles. The first kappa shape index (κ1) is 15.5. The molecule has 0 aliphatic carbocycles. The molecule has 0 unspecified atom stereocenters. The Morgan fingerprint density at radius 3 is 2.68 bits per heavy atom. The molecule has 0 bridgehead atoms. The van der Waals surface area contributed by atoms with E-state index in [1.54, 1.807) is 12.1 Å². The maximum absolute atomic E-state index is 11.4. The number of carbonyl (C=O) groups is 2. The van der Waals surface area contributed by atoms with Crippen LogP contribution in [0.15, 0.2) is 22.7 Å². The molecular weight excluding hydrogens is 314 g/mol. The molecule has 0 fully saturated rings. The number of nitrogens with one attached hydrogen (secondary N) is 1. The maximum atomic E-state index is 11.4. The van der Waals surface area contributed by atoms with Gasteiger partial charge in [-0.25, -0.2) is 4.79 Å². The average molecular weight is 330 g/mol. The molecule has 6 heteroatoms. The Labute approximate surface area is 120 Å². The number of rotatable bonds is 6. The Balaban J connectivity index is 2.56. The van der Waals surface area contributed by atoms with Crippen LogP contribution in [0.1, 0.15) is 24.2 Å². The Morgan fingerprint density at radius 1 is 1.42 bits per heavy atom. The Bertz CT molecular complexity index is 474. The minimum absolute atomic E-state index is 0.0973. The van der Waals surface area contributed by atoms with Crippen molar-refractivity contribution >= 4 is 27.8 Å². The van der Waals surface area contributed by atoms with Crippen LogP contribution >= 0.6 is 15.9 Å². The summed E-state index contributed by atoms with van der Waals surface area (Å²) in [5, 5.41) is 11.7. The minimum Gasteiger partial charge on any atom is -0.484 e. The summed E-state index contributed by atoms with van der Waals surface area (Å²) in [7, 11) is 0. The van der Waals surface area contributed by atoms with Crippen LogP contribution < -0.4 is 10.1 Å². The number of hydrogen-bond donors (Lipinski definition) is 2. The smallest absolute Gasteiger partial charge is 0.336 e. The van der Waals surface area contributed by atoms with Gasteiger partial charge in [-0.2, -0.15) is 0 Å². The van der Waals surface area contributed by atoms with Crippen molar-refractivity contribution in [2.45, 2.75) is 13.8 Å². The van der Waals surface area contributed by atoms with E-state index < -0.39 is 5.97 Å². The Morgan fingerprint density at radius 2 is 2.11 bits per heavy atom. The fourth-order valence-electron chi connectivity index (χ4n) is 1.28. The molecule has 0 aliphatic rings. The third-order valence-corrected chi connectivity index (χ3v) is 2.94. The highest BCUT2D eigenvalue weighted by atomic mass is 79.9. The molecule has 1 rings (SSSR count). The molecule has 0 atom stereocenters. The van der Waals surface area contributed by atoms with Crippen LogP contribution in [0.25, 0.3) is 0 Å². The van der Waals surface area contributed by atoms with Gasteiger partial charge in [0.25, 0.3) is 5.91 Å². The lowest BCUT2D eigenvalue weighted by atomic mass is 10.2. The van der Waals surface area contributed by atoms with Gasteiger partial charge in [0.15, 0.2) is 6.61 Å². The second kappa shape index (κ2) is 7.13. The van der Waals surface area contributed by atoms with Gasteiger partial charge in [0.1, 0.15) is 5.75 Å².